The topological polar surface area (TPSA) is 103 Å². The minimum Gasteiger partial charge on any atom is -0.457 e. The molecule has 0 aliphatic heterocycles. The third kappa shape index (κ3) is 5.07. The fourth-order valence-corrected chi connectivity index (χ4v) is 3.37. The predicted molar refractivity (Wildman–Crippen MR) is 123 cm³/mol. The highest BCUT2D eigenvalue weighted by Gasteiger charge is 2.24. The molecule has 4 aromatic rings. The zero-order valence-corrected chi connectivity index (χ0v) is 17.6. The molecule has 0 fully saturated rings. The number of para-hydroxylation sites is 1. The number of nitrogen functional groups attached to an aromatic ring is 1. The number of anilines is 3. The van der Waals surface area contributed by atoms with Crippen LogP contribution < -0.4 is 11.1 Å². The maximum absolute atomic E-state index is 13.1. The van der Waals surface area contributed by atoms with E-state index in [1.54, 1.807) is 0 Å². The van der Waals surface area contributed by atoms with Crippen molar-refractivity contribution in [2.75, 3.05) is 11.1 Å². The van der Waals surface area contributed by atoms with Crippen molar-refractivity contribution in [3.8, 4) is 0 Å². The van der Waals surface area contributed by atoms with Gasteiger partial charge in [0.05, 0.1) is 0 Å². The van der Waals surface area contributed by atoms with Gasteiger partial charge in [0, 0.05) is 5.69 Å². The molecule has 0 aliphatic carbocycles. The van der Waals surface area contributed by atoms with Gasteiger partial charge in [-0.1, -0.05) is 78.9 Å². The Morgan fingerprint density at radius 1 is 0.875 bits per heavy atom. The number of nitrogens with zero attached hydrogens (tertiary/aromatic N) is 3. The summed E-state index contributed by atoms with van der Waals surface area (Å²) >= 11 is 0. The lowest BCUT2D eigenvalue weighted by atomic mass is 9.91. The molecule has 3 N–H and O–H groups in total. The normalized spacial score (nSPS) is 10.7. The maximum atomic E-state index is 13.1. The number of esters is 1. The predicted octanol–water partition coefficient (Wildman–Crippen LogP) is 4.38. The molecule has 0 atom stereocenters. The van der Waals surface area contributed by atoms with Gasteiger partial charge in [-0.3, -0.25) is 4.79 Å². The Morgan fingerprint density at radius 2 is 1.47 bits per heavy atom. The van der Waals surface area contributed by atoms with Crippen molar-refractivity contribution in [3.63, 3.8) is 0 Å². The molecule has 160 valence electrons. The molecular formula is C25H23N5O2. The van der Waals surface area contributed by atoms with Gasteiger partial charge < -0.3 is 15.8 Å². The molecule has 1 aromatic heterocycles. The van der Waals surface area contributed by atoms with Crippen molar-refractivity contribution < 1.29 is 9.53 Å². The van der Waals surface area contributed by atoms with Crippen molar-refractivity contribution in [1.82, 2.24) is 15.0 Å². The maximum Gasteiger partial charge on any atom is 0.318 e. The van der Waals surface area contributed by atoms with Gasteiger partial charge in [-0.25, -0.2) is 0 Å². The highest BCUT2D eigenvalue weighted by molar-refractivity contribution is 5.82. The van der Waals surface area contributed by atoms with Crippen LogP contribution >= 0.6 is 0 Å². The number of aromatic nitrogens is 3. The smallest absolute Gasteiger partial charge is 0.318 e. The number of aryl methyl sites for hydroxylation is 1. The molecule has 3 aromatic carbocycles. The van der Waals surface area contributed by atoms with Gasteiger partial charge >= 0.3 is 5.97 Å². The number of rotatable bonds is 7. The highest BCUT2D eigenvalue weighted by Crippen LogP contribution is 2.26. The summed E-state index contributed by atoms with van der Waals surface area (Å²) in [6.45, 7) is 1.85. The van der Waals surface area contributed by atoms with Crippen molar-refractivity contribution >= 4 is 23.6 Å². The molecule has 32 heavy (non-hydrogen) atoms. The van der Waals surface area contributed by atoms with E-state index in [1.807, 2.05) is 91.9 Å². The lowest BCUT2D eigenvalue weighted by Gasteiger charge is -2.17. The lowest BCUT2D eigenvalue weighted by Crippen LogP contribution is -2.18. The number of benzene rings is 3. The second kappa shape index (κ2) is 9.70. The Balaban J connectivity index is 1.52. The minimum atomic E-state index is -0.554. The number of carbonyl (C=O) groups excluding carboxylic acids is 1. The fourth-order valence-electron chi connectivity index (χ4n) is 3.37. The lowest BCUT2D eigenvalue weighted by molar-refractivity contribution is -0.146. The zero-order valence-electron chi connectivity index (χ0n) is 17.6. The molecule has 1 heterocycles. The van der Waals surface area contributed by atoms with Crippen LogP contribution in [0.2, 0.25) is 0 Å². The third-order valence-corrected chi connectivity index (χ3v) is 4.94. The molecule has 0 saturated heterocycles. The molecule has 0 bridgehead atoms. The van der Waals surface area contributed by atoms with E-state index in [0.29, 0.717) is 5.95 Å². The molecule has 0 unspecified atom stereocenters. The van der Waals surface area contributed by atoms with Gasteiger partial charge in [0.1, 0.15) is 5.92 Å². The van der Waals surface area contributed by atoms with E-state index in [9.17, 15) is 4.79 Å². The molecule has 0 aliphatic rings. The van der Waals surface area contributed by atoms with Crippen LogP contribution in [0.4, 0.5) is 17.6 Å². The SMILES string of the molecule is Cc1ccccc1Nc1nc(N)nc(COC(=O)C(c2ccccc2)c2ccccc2)n1. The summed E-state index contributed by atoms with van der Waals surface area (Å²) in [7, 11) is 0. The number of nitrogens with two attached hydrogens (primary N) is 1. The summed E-state index contributed by atoms with van der Waals surface area (Å²) in [4.78, 5) is 25.7. The Bertz CT molecular complexity index is 1160. The van der Waals surface area contributed by atoms with Crippen LogP contribution in [0.3, 0.4) is 0 Å². The number of hydrogen-bond donors (Lipinski definition) is 2. The van der Waals surface area contributed by atoms with Gasteiger partial charge in [-0.2, -0.15) is 15.0 Å². The molecule has 4 rings (SSSR count). The first-order valence-corrected chi connectivity index (χ1v) is 10.2. The Morgan fingerprint density at radius 3 is 2.09 bits per heavy atom. The first kappa shape index (κ1) is 21.0. The Labute approximate surface area is 186 Å². The van der Waals surface area contributed by atoms with E-state index >= 15 is 0 Å². The molecule has 0 saturated carbocycles. The monoisotopic (exact) mass is 425 g/mol. The molecule has 0 radical (unpaired) electrons. The van der Waals surface area contributed by atoms with E-state index in [-0.39, 0.29) is 18.4 Å². The average molecular weight is 425 g/mol. The zero-order chi connectivity index (χ0) is 22.3. The van der Waals surface area contributed by atoms with Gasteiger partial charge in [0.15, 0.2) is 12.4 Å². The summed E-state index contributed by atoms with van der Waals surface area (Å²) in [5.74, 6) is -0.344. The summed E-state index contributed by atoms with van der Waals surface area (Å²) < 4.78 is 5.61. The standard InChI is InChI=1S/C25H23N5O2/c1-17-10-8-9-15-20(17)27-25-29-21(28-24(26)30-25)16-32-23(31)22(18-11-4-2-5-12-18)19-13-6-3-7-14-19/h2-15,22H,16H2,1H3,(H3,26,27,28,29,30). The van der Waals surface area contributed by atoms with E-state index in [2.05, 4.69) is 20.3 Å². The number of hydrogen-bond acceptors (Lipinski definition) is 7. The number of carbonyl (C=O) groups is 1. The Hall–Kier alpha value is -4.26. The quantitative estimate of drug-likeness (QED) is 0.424. The first-order chi connectivity index (χ1) is 15.6. The van der Waals surface area contributed by atoms with Gasteiger partial charge in [-0.15, -0.1) is 0 Å². The molecule has 7 heteroatoms. The largest absolute Gasteiger partial charge is 0.457 e. The summed E-state index contributed by atoms with van der Waals surface area (Å²) in [5, 5.41) is 3.13. The third-order valence-electron chi connectivity index (χ3n) is 4.94. The van der Waals surface area contributed by atoms with Crippen LogP contribution in [-0.4, -0.2) is 20.9 Å². The highest BCUT2D eigenvalue weighted by atomic mass is 16.5. The second-order valence-electron chi connectivity index (χ2n) is 7.24. The van der Waals surface area contributed by atoms with E-state index in [1.165, 1.54) is 0 Å². The number of nitrogens with one attached hydrogen (secondary N) is 1. The van der Waals surface area contributed by atoms with Crippen molar-refractivity contribution in [3.05, 3.63) is 107 Å². The van der Waals surface area contributed by atoms with Gasteiger partial charge in [0.2, 0.25) is 11.9 Å². The average Bonchev–Trinajstić information content (AvgIpc) is 2.81. The van der Waals surface area contributed by atoms with E-state index in [4.69, 9.17) is 10.5 Å². The minimum absolute atomic E-state index is 0.0461. The second-order valence-corrected chi connectivity index (χ2v) is 7.24. The summed E-state index contributed by atoms with van der Waals surface area (Å²) in [6, 6.07) is 26.8. The molecule has 0 spiro atoms. The van der Waals surface area contributed by atoms with Crippen LogP contribution in [0.25, 0.3) is 0 Å². The molecule has 0 amide bonds. The fraction of sp³-hybridized carbons (Fsp3) is 0.120. The summed E-state index contributed by atoms with van der Waals surface area (Å²) in [6.07, 6.45) is 0. The van der Waals surface area contributed by atoms with Gasteiger partial charge in [0.25, 0.3) is 0 Å². The Kier molecular flexibility index (Phi) is 6.36. The van der Waals surface area contributed by atoms with Crippen molar-refractivity contribution in [2.24, 2.45) is 0 Å². The van der Waals surface area contributed by atoms with Crippen LogP contribution in [0, 0.1) is 6.92 Å². The van der Waals surface area contributed by atoms with Gasteiger partial charge in [-0.05, 0) is 29.7 Å². The first-order valence-electron chi connectivity index (χ1n) is 10.2. The van der Waals surface area contributed by atoms with Crippen molar-refractivity contribution in [2.45, 2.75) is 19.4 Å². The van der Waals surface area contributed by atoms with E-state index < -0.39 is 11.9 Å². The van der Waals surface area contributed by atoms with Crippen LogP contribution in [0.5, 0.6) is 0 Å². The molecular weight excluding hydrogens is 402 g/mol. The van der Waals surface area contributed by atoms with Crippen LogP contribution in [0.15, 0.2) is 84.9 Å². The summed E-state index contributed by atoms with van der Waals surface area (Å²) in [5.41, 5.74) is 9.44. The number of ether oxygens (including phenoxy) is 1. The van der Waals surface area contributed by atoms with Crippen molar-refractivity contribution in [1.29, 1.82) is 0 Å². The molecule has 7 nitrogen and oxygen atoms in total. The van der Waals surface area contributed by atoms with Crippen LogP contribution in [-0.2, 0) is 16.1 Å². The van der Waals surface area contributed by atoms with Crippen LogP contribution in [0.1, 0.15) is 28.4 Å². The van der Waals surface area contributed by atoms with E-state index in [0.717, 1.165) is 22.4 Å².